The summed E-state index contributed by atoms with van der Waals surface area (Å²) in [5.41, 5.74) is 0.412. The van der Waals surface area contributed by atoms with Crippen molar-refractivity contribution in [1.82, 2.24) is 0 Å². The Kier molecular flexibility index (Phi) is 4.50. The number of rotatable bonds is 3. The molecule has 0 saturated carbocycles. The summed E-state index contributed by atoms with van der Waals surface area (Å²) in [6, 6.07) is 2.40. The van der Waals surface area contributed by atoms with E-state index in [-0.39, 0.29) is 18.9 Å². The first-order valence-electron chi connectivity index (χ1n) is 5.54. The molecular weight excluding hydrogens is 424 g/mol. The Morgan fingerprint density at radius 3 is 2.35 bits per heavy atom. The highest BCUT2D eigenvalue weighted by Gasteiger charge is 2.35. The van der Waals surface area contributed by atoms with Crippen molar-refractivity contribution < 1.29 is 21.5 Å². The van der Waals surface area contributed by atoms with Crippen molar-refractivity contribution in [1.29, 1.82) is 0 Å². The third-order valence-corrected chi connectivity index (χ3v) is 4.97. The lowest BCUT2D eigenvalue weighted by Gasteiger charge is -2.20. The van der Waals surface area contributed by atoms with Gasteiger partial charge in [-0.05, 0) is 44.0 Å². The lowest BCUT2D eigenvalue weighted by Crippen LogP contribution is -2.26. The van der Waals surface area contributed by atoms with E-state index >= 15 is 0 Å². The largest absolute Gasteiger partial charge is 0.310 e. The van der Waals surface area contributed by atoms with E-state index in [9.17, 15) is 21.5 Å². The number of hydrogen-bond donors (Lipinski definition) is 0. The van der Waals surface area contributed by atoms with Gasteiger partial charge in [0, 0.05) is 27.8 Å². The molecule has 1 aromatic carbocycles. The second-order valence-corrected chi connectivity index (χ2v) is 7.62. The molecule has 0 aliphatic carbocycles. The minimum atomic E-state index is -4.63. The van der Waals surface area contributed by atoms with Crippen LogP contribution in [-0.2, 0) is 15.0 Å². The maximum atomic E-state index is 13.2. The quantitative estimate of drug-likeness (QED) is 0.690. The second kappa shape index (κ2) is 5.69. The van der Waals surface area contributed by atoms with Crippen LogP contribution in [0.4, 0.5) is 14.0 Å². The molecule has 4 nitrogen and oxygen atoms in total. The van der Waals surface area contributed by atoms with Crippen LogP contribution in [0.2, 0.25) is 0 Å². The highest BCUT2D eigenvalue weighted by molar-refractivity contribution is 9.11. The van der Waals surface area contributed by atoms with Crippen LogP contribution in [-0.4, -0.2) is 26.6 Å². The number of anilines is 1. The maximum Gasteiger partial charge on any atom is 0.302 e. The molecule has 1 aromatic rings. The molecule has 1 atom stereocenters. The monoisotopic (exact) mass is 431 g/mol. The van der Waals surface area contributed by atoms with Gasteiger partial charge in [0.1, 0.15) is 5.82 Å². The molecule has 1 heterocycles. The number of carbonyl (C=O) groups excluding carboxylic acids is 1. The number of halogens is 4. The van der Waals surface area contributed by atoms with Crippen molar-refractivity contribution >= 4 is 53.7 Å². The molecule has 1 saturated heterocycles. The van der Waals surface area contributed by atoms with Gasteiger partial charge in [-0.25, -0.2) is 4.39 Å². The standard InChI is InChI=1S/C11H9Br2F2NO3S/c12-8-2-7(14)3-9(13)11(8)16-4-6(1-10(16)17)5-20(15,18)19/h2-3,6H,1,4-5H2. The van der Waals surface area contributed by atoms with E-state index in [2.05, 4.69) is 31.9 Å². The molecule has 1 fully saturated rings. The molecule has 1 amide bonds. The summed E-state index contributed by atoms with van der Waals surface area (Å²) in [7, 11) is -4.63. The average Bonchev–Trinajstić information content (AvgIpc) is 2.55. The van der Waals surface area contributed by atoms with Crippen LogP contribution in [0, 0.1) is 11.7 Å². The van der Waals surface area contributed by atoms with Crippen molar-refractivity contribution in [2.45, 2.75) is 6.42 Å². The van der Waals surface area contributed by atoms with E-state index in [0.29, 0.717) is 14.6 Å². The molecule has 20 heavy (non-hydrogen) atoms. The first kappa shape index (κ1) is 15.8. The summed E-state index contributed by atoms with van der Waals surface area (Å²) in [4.78, 5) is 13.3. The first-order valence-corrected chi connectivity index (χ1v) is 8.68. The average molecular weight is 433 g/mol. The Bertz CT molecular complexity index is 643. The van der Waals surface area contributed by atoms with Gasteiger partial charge in [0.05, 0.1) is 11.4 Å². The highest BCUT2D eigenvalue weighted by atomic mass is 79.9. The van der Waals surface area contributed by atoms with Crippen LogP contribution in [0.5, 0.6) is 0 Å². The predicted octanol–water partition coefficient (Wildman–Crippen LogP) is 3.00. The molecule has 2 rings (SSSR count). The third-order valence-electron chi connectivity index (χ3n) is 2.89. The molecular formula is C11H9Br2F2NO3S. The van der Waals surface area contributed by atoms with Gasteiger partial charge in [-0.1, -0.05) is 0 Å². The smallest absolute Gasteiger partial charge is 0.302 e. The minimum absolute atomic E-state index is 0.0561. The van der Waals surface area contributed by atoms with Gasteiger partial charge in [-0.3, -0.25) is 4.79 Å². The number of hydrogen-bond acceptors (Lipinski definition) is 3. The van der Waals surface area contributed by atoms with Crippen molar-refractivity contribution in [3.63, 3.8) is 0 Å². The van der Waals surface area contributed by atoms with Gasteiger partial charge in [0.15, 0.2) is 0 Å². The van der Waals surface area contributed by atoms with Gasteiger partial charge in [-0.15, -0.1) is 3.89 Å². The summed E-state index contributed by atoms with van der Waals surface area (Å²) in [6.45, 7) is 0.0742. The van der Waals surface area contributed by atoms with Crippen molar-refractivity contribution in [3.05, 3.63) is 26.9 Å². The fraction of sp³-hybridized carbons (Fsp3) is 0.364. The van der Waals surface area contributed by atoms with E-state index < -0.39 is 27.7 Å². The number of nitrogens with zero attached hydrogens (tertiary/aromatic N) is 1. The number of benzene rings is 1. The molecule has 0 radical (unpaired) electrons. The maximum absolute atomic E-state index is 13.2. The lowest BCUT2D eigenvalue weighted by atomic mass is 10.1. The lowest BCUT2D eigenvalue weighted by molar-refractivity contribution is -0.117. The van der Waals surface area contributed by atoms with Gasteiger partial charge >= 0.3 is 10.2 Å². The van der Waals surface area contributed by atoms with Crippen LogP contribution in [0.15, 0.2) is 21.1 Å². The van der Waals surface area contributed by atoms with Crippen molar-refractivity contribution in [3.8, 4) is 0 Å². The van der Waals surface area contributed by atoms with E-state index in [0.717, 1.165) is 0 Å². The van der Waals surface area contributed by atoms with Gasteiger partial charge in [-0.2, -0.15) is 8.42 Å². The van der Waals surface area contributed by atoms with Crippen LogP contribution >= 0.6 is 31.9 Å². The van der Waals surface area contributed by atoms with Crippen LogP contribution in [0.25, 0.3) is 0 Å². The molecule has 1 unspecified atom stereocenters. The second-order valence-electron chi connectivity index (χ2n) is 4.50. The summed E-state index contributed by atoms with van der Waals surface area (Å²) in [5, 5.41) is 0. The zero-order valence-electron chi connectivity index (χ0n) is 9.95. The molecule has 0 bridgehead atoms. The van der Waals surface area contributed by atoms with E-state index in [1.807, 2.05) is 0 Å². The summed E-state index contributed by atoms with van der Waals surface area (Å²) >= 11 is 6.32. The summed E-state index contributed by atoms with van der Waals surface area (Å²) < 4.78 is 47.9. The van der Waals surface area contributed by atoms with Crippen LogP contribution in [0.3, 0.4) is 0 Å². The SMILES string of the molecule is O=C1CC(CS(=O)(=O)F)CN1c1c(Br)cc(F)cc1Br. The van der Waals surface area contributed by atoms with Gasteiger partial charge < -0.3 is 4.90 Å². The Hall–Kier alpha value is -0.540. The van der Waals surface area contributed by atoms with Crippen molar-refractivity contribution in [2.24, 2.45) is 5.92 Å². The highest BCUT2D eigenvalue weighted by Crippen LogP contribution is 2.38. The Balaban J connectivity index is 2.29. The molecule has 0 spiro atoms. The van der Waals surface area contributed by atoms with Gasteiger partial charge in [0.25, 0.3) is 0 Å². The zero-order chi connectivity index (χ0) is 15.1. The molecule has 9 heteroatoms. The molecule has 0 aromatic heterocycles. The number of carbonyl (C=O) groups is 1. The Morgan fingerprint density at radius 2 is 1.85 bits per heavy atom. The van der Waals surface area contributed by atoms with E-state index in [1.54, 1.807) is 0 Å². The van der Waals surface area contributed by atoms with E-state index in [4.69, 9.17) is 0 Å². The normalized spacial score (nSPS) is 19.7. The Morgan fingerprint density at radius 1 is 1.30 bits per heavy atom. The summed E-state index contributed by atoms with van der Waals surface area (Å²) in [6.07, 6.45) is -0.0561. The van der Waals surface area contributed by atoms with Crippen LogP contribution in [0.1, 0.15) is 6.42 Å². The van der Waals surface area contributed by atoms with Gasteiger partial charge in [0.2, 0.25) is 5.91 Å². The molecule has 0 N–H and O–H groups in total. The zero-order valence-corrected chi connectivity index (χ0v) is 13.9. The molecule has 110 valence electrons. The van der Waals surface area contributed by atoms with Crippen LogP contribution < -0.4 is 4.90 Å². The van der Waals surface area contributed by atoms with Crippen molar-refractivity contribution in [2.75, 3.05) is 17.2 Å². The summed E-state index contributed by atoms with van der Waals surface area (Å²) in [5.74, 6) is -2.11. The predicted molar refractivity (Wildman–Crippen MR) is 77.2 cm³/mol. The topological polar surface area (TPSA) is 54.5 Å². The third kappa shape index (κ3) is 3.56. The Labute approximate surface area is 131 Å². The van der Waals surface area contributed by atoms with E-state index in [1.165, 1.54) is 17.0 Å². The first-order chi connectivity index (χ1) is 9.17. The fourth-order valence-electron chi connectivity index (χ4n) is 2.18. The molecule has 1 aliphatic heterocycles. The minimum Gasteiger partial charge on any atom is -0.310 e. The molecule has 1 aliphatic rings. The number of amides is 1. The fourth-order valence-corrected chi connectivity index (χ4v) is 4.53.